The van der Waals surface area contributed by atoms with Gasteiger partial charge in [-0.15, -0.1) is 0 Å². The van der Waals surface area contributed by atoms with Crippen molar-refractivity contribution in [3.05, 3.63) is 65.0 Å². The molecule has 4 rings (SSSR count). The number of anilines is 2. The van der Waals surface area contributed by atoms with Crippen molar-refractivity contribution in [1.29, 1.82) is 0 Å². The standard InChI is InChI=1S/C15H10N2O/c18-14-8-9-17-13-7-2-1-5-11(13)16-12-6-3-4-10(14)15(12)17/h1-9,16H. The van der Waals surface area contributed by atoms with E-state index in [0.717, 1.165) is 28.0 Å². The Hall–Kier alpha value is -2.55. The molecule has 86 valence electrons. The molecule has 1 aliphatic heterocycles. The molecular weight excluding hydrogens is 224 g/mol. The Bertz CT molecular complexity index is 833. The van der Waals surface area contributed by atoms with Crippen LogP contribution < -0.4 is 10.7 Å². The number of pyridine rings is 1. The summed E-state index contributed by atoms with van der Waals surface area (Å²) in [7, 11) is 0. The number of hydrogen-bond donors (Lipinski definition) is 1. The number of aromatic nitrogens is 1. The number of nitrogens with one attached hydrogen (secondary N) is 1. The Morgan fingerprint density at radius 1 is 0.889 bits per heavy atom. The highest BCUT2D eigenvalue weighted by molar-refractivity contribution is 5.97. The second-order valence-electron chi connectivity index (χ2n) is 4.39. The van der Waals surface area contributed by atoms with Crippen LogP contribution in [-0.2, 0) is 0 Å². The van der Waals surface area contributed by atoms with E-state index < -0.39 is 0 Å². The van der Waals surface area contributed by atoms with Crippen molar-refractivity contribution < 1.29 is 0 Å². The monoisotopic (exact) mass is 234 g/mol. The molecule has 3 nitrogen and oxygen atoms in total. The van der Waals surface area contributed by atoms with E-state index in [1.165, 1.54) is 0 Å². The van der Waals surface area contributed by atoms with Crippen molar-refractivity contribution >= 4 is 22.3 Å². The quantitative estimate of drug-likeness (QED) is 0.507. The zero-order chi connectivity index (χ0) is 12.1. The number of rotatable bonds is 0. The smallest absolute Gasteiger partial charge is 0.189 e. The minimum absolute atomic E-state index is 0.0595. The number of fused-ring (bicyclic) bond motifs is 2. The minimum atomic E-state index is 0.0595. The Labute approximate surface area is 103 Å². The molecule has 0 saturated heterocycles. The molecule has 18 heavy (non-hydrogen) atoms. The highest BCUT2D eigenvalue weighted by atomic mass is 16.1. The van der Waals surface area contributed by atoms with Crippen LogP contribution in [-0.4, -0.2) is 4.57 Å². The first-order chi connectivity index (χ1) is 8.84. The second-order valence-corrected chi connectivity index (χ2v) is 4.39. The maximum atomic E-state index is 11.9. The van der Waals surface area contributed by atoms with Gasteiger partial charge in [-0.3, -0.25) is 4.79 Å². The Morgan fingerprint density at radius 3 is 2.67 bits per heavy atom. The fourth-order valence-electron chi connectivity index (χ4n) is 2.54. The lowest BCUT2D eigenvalue weighted by atomic mass is 10.1. The van der Waals surface area contributed by atoms with Crippen molar-refractivity contribution in [3.63, 3.8) is 0 Å². The normalized spacial score (nSPS) is 12.0. The van der Waals surface area contributed by atoms with E-state index in [9.17, 15) is 4.79 Å². The van der Waals surface area contributed by atoms with Gasteiger partial charge in [0.1, 0.15) is 0 Å². The van der Waals surface area contributed by atoms with Crippen molar-refractivity contribution in [3.8, 4) is 5.69 Å². The zero-order valence-electron chi connectivity index (χ0n) is 9.55. The van der Waals surface area contributed by atoms with E-state index in [4.69, 9.17) is 0 Å². The fraction of sp³-hybridized carbons (Fsp3) is 0. The van der Waals surface area contributed by atoms with Crippen molar-refractivity contribution in [2.24, 2.45) is 0 Å². The van der Waals surface area contributed by atoms with Gasteiger partial charge in [-0.25, -0.2) is 0 Å². The van der Waals surface area contributed by atoms with Crippen LogP contribution in [0.15, 0.2) is 59.5 Å². The summed E-state index contributed by atoms with van der Waals surface area (Å²) in [5, 5.41) is 4.12. The lowest BCUT2D eigenvalue weighted by Crippen LogP contribution is -2.13. The predicted molar refractivity (Wildman–Crippen MR) is 72.8 cm³/mol. The molecule has 0 spiro atoms. The molecule has 2 aromatic carbocycles. The molecule has 1 aliphatic rings. The second kappa shape index (κ2) is 3.23. The van der Waals surface area contributed by atoms with Crippen molar-refractivity contribution in [2.75, 3.05) is 5.32 Å². The Kier molecular flexibility index (Phi) is 1.70. The van der Waals surface area contributed by atoms with Gasteiger partial charge >= 0.3 is 0 Å². The third-order valence-electron chi connectivity index (χ3n) is 3.35. The molecule has 0 saturated carbocycles. The van der Waals surface area contributed by atoms with E-state index in [1.54, 1.807) is 6.07 Å². The van der Waals surface area contributed by atoms with Crippen LogP contribution in [0.3, 0.4) is 0 Å². The Balaban J connectivity index is 2.25. The molecule has 0 fully saturated rings. The number of para-hydroxylation sites is 3. The van der Waals surface area contributed by atoms with E-state index in [2.05, 4.69) is 9.88 Å². The molecule has 0 unspecified atom stereocenters. The first-order valence-electron chi connectivity index (χ1n) is 5.85. The van der Waals surface area contributed by atoms with Crippen LogP contribution in [0.4, 0.5) is 11.4 Å². The molecule has 0 amide bonds. The lowest BCUT2D eigenvalue weighted by Gasteiger charge is -2.23. The van der Waals surface area contributed by atoms with Gasteiger partial charge in [0.2, 0.25) is 0 Å². The largest absolute Gasteiger partial charge is 0.352 e. The van der Waals surface area contributed by atoms with E-state index in [0.29, 0.717) is 0 Å². The summed E-state index contributed by atoms with van der Waals surface area (Å²) < 4.78 is 2.07. The van der Waals surface area contributed by atoms with Gasteiger partial charge in [0.15, 0.2) is 5.43 Å². The predicted octanol–water partition coefficient (Wildman–Crippen LogP) is 3.05. The SMILES string of the molecule is O=c1ccn2c3c(cccc13)Nc1ccccc1-2. The Morgan fingerprint density at radius 2 is 1.72 bits per heavy atom. The van der Waals surface area contributed by atoms with Crippen molar-refractivity contribution in [1.82, 2.24) is 4.57 Å². The summed E-state index contributed by atoms with van der Waals surface area (Å²) in [6.07, 6.45) is 1.84. The van der Waals surface area contributed by atoms with Crippen LogP contribution in [0.25, 0.3) is 16.6 Å². The van der Waals surface area contributed by atoms with E-state index in [-0.39, 0.29) is 5.43 Å². The summed E-state index contributed by atoms with van der Waals surface area (Å²) in [5.74, 6) is 0. The van der Waals surface area contributed by atoms with Crippen LogP contribution in [0.5, 0.6) is 0 Å². The van der Waals surface area contributed by atoms with Gasteiger partial charge in [-0.2, -0.15) is 0 Å². The number of benzene rings is 2. The lowest BCUT2D eigenvalue weighted by molar-refractivity contribution is 1.09. The van der Waals surface area contributed by atoms with Crippen LogP contribution in [0.1, 0.15) is 0 Å². The average Bonchev–Trinajstić information content (AvgIpc) is 2.42. The third-order valence-corrected chi connectivity index (χ3v) is 3.35. The minimum Gasteiger partial charge on any atom is -0.352 e. The highest BCUT2D eigenvalue weighted by Crippen LogP contribution is 2.35. The third kappa shape index (κ3) is 1.10. The van der Waals surface area contributed by atoms with Crippen LogP contribution >= 0.6 is 0 Å². The maximum Gasteiger partial charge on any atom is 0.189 e. The summed E-state index contributed by atoms with van der Waals surface area (Å²) in [4.78, 5) is 11.9. The number of nitrogens with zero attached hydrogens (tertiary/aromatic N) is 1. The molecule has 0 bridgehead atoms. The molecule has 0 radical (unpaired) electrons. The average molecular weight is 234 g/mol. The maximum absolute atomic E-state index is 11.9. The zero-order valence-corrected chi connectivity index (χ0v) is 9.55. The van der Waals surface area contributed by atoms with Crippen LogP contribution in [0, 0.1) is 0 Å². The topological polar surface area (TPSA) is 34.0 Å². The van der Waals surface area contributed by atoms with Gasteiger partial charge in [-0.1, -0.05) is 18.2 Å². The number of hydrogen-bond acceptors (Lipinski definition) is 2. The fourth-order valence-corrected chi connectivity index (χ4v) is 2.54. The molecule has 0 aliphatic carbocycles. The van der Waals surface area contributed by atoms with Gasteiger partial charge in [0.05, 0.1) is 22.6 Å². The first kappa shape index (κ1) is 9.48. The molecule has 1 aromatic heterocycles. The first-order valence-corrected chi connectivity index (χ1v) is 5.85. The summed E-state index contributed by atoms with van der Waals surface area (Å²) in [5.41, 5.74) is 4.11. The van der Waals surface area contributed by atoms with Crippen molar-refractivity contribution in [2.45, 2.75) is 0 Å². The van der Waals surface area contributed by atoms with E-state index in [1.807, 2.05) is 48.7 Å². The summed E-state index contributed by atoms with van der Waals surface area (Å²) in [6.45, 7) is 0. The molecule has 3 heteroatoms. The molecule has 3 aromatic rings. The van der Waals surface area contributed by atoms with Gasteiger partial charge < -0.3 is 9.88 Å². The van der Waals surface area contributed by atoms with Crippen LogP contribution in [0.2, 0.25) is 0 Å². The summed E-state index contributed by atoms with van der Waals surface area (Å²) in [6, 6.07) is 15.5. The highest BCUT2D eigenvalue weighted by Gasteiger charge is 2.16. The molecule has 1 N–H and O–H groups in total. The van der Waals surface area contributed by atoms with Gasteiger partial charge in [0, 0.05) is 17.6 Å². The van der Waals surface area contributed by atoms with E-state index >= 15 is 0 Å². The van der Waals surface area contributed by atoms with Gasteiger partial charge in [0.25, 0.3) is 0 Å². The molecule has 0 atom stereocenters. The molecule has 2 heterocycles. The summed E-state index contributed by atoms with van der Waals surface area (Å²) >= 11 is 0. The van der Waals surface area contributed by atoms with Gasteiger partial charge in [-0.05, 0) is 24.3 Å². The molecular formula is C15H10N2O.